The van der Waals surface area contributed by atoms with Crippen LogP contribution >= 0.6 is 11.3 Å². The molecular formula is C19H31N7S. The summed E-state index contributed by atoms with van der Waals surface area (Å²) in [6.45, 7) is 9.92. The van der Waals surface area contributed by atoms with Gasteiger partial charge < -0.3 is 10.6 Å². The van der Waals surface area contributed by atoms with Crippen molar-refractivity contribution in [3.8, 4) is 0 Å². The molecule has 2 aromatic heterocycles. The third kappa shape index (κ3) is 6.04. The van der Waals surface area contributed by atoms with Gasteiger partial charge in [0, 0.05) is 38.3 Å². The number of piperidine rings is 1. The molecule has 0 aromatic carbocycles. The Morgan fingerprint density at radius 1 is 1.33 bits per heavy atom. The van der Waals surface area contributed by atoms with E-state index in [4.69, 9.17) is 4.99 Å². The maximum atomic E-state index is 4.69. The van der Waals surface area contributed by atoms with Crippen LogP contribution in [0, 0.1) is 12.8 Å². The van der Waals surface area contributed by atoms with Gasteiger partial charge in [0.05, 0.1) is 22.9 Å². The lowest BCUT2D eigenvalue weighted by Gasteiger charge is -2.31. The molecule has 0 saturated carbocycles. The summed E-state index contributed by atoms with van der Waals surface area (Å²) in [4.78, 5) is 11.8. The van der Waals surface area contributed by atoms with E-state index in [1.807, 2.05) is 24.0 Å². The molecule has 0 bridgehead atoms. The predicted molar refractivity (Wildman–Crippen MR) is 111 cm³/mol. The molecule has 0 aliphatic carbocycles. The van der Waals surface area contributed by atoms with Crippen LogP contribution in [0.2, 0.25) is 0 Å². The molecule has 2 N–H and O–H groups in total. The Morgan fingerprint density at radius 2 is 2.15 bits per heavy atom. The van der Waals surface area contributed by atoms with Crippen molar-refractivity contribution in [1.29, 1.82) is 0 Å². The fraction of sp³-hybridized carbons (Fsp3) is 0.632. The first-order valence-corrected chi connectivity index (χ1v) is 10.6. The minimum Gasteiger partial charge on any atom is -0.357 e. The standard InChI is InChI=1S/C19H31N7S/c1-4-20-19(22-12-18-5-8-23-25(18)3)21-11-16-6-9-26(10-7-16)13-17-14-27-15(2)24-17/h5,8,14,16H,4,6-7,9-13H2,1-3H3,(H2,20,21,22). The van der Waals surface area contributed by atoms with Gasteiger partial charge in [-0.25, -0.2) is 9.98 Å². The van der Waals surface area contributed by atoms with Crippen molar-refractivity contribution in [1.82, 2.24) is 30.3 Å². The van der Waals surface area contributed by atoms with Gasteiger partial charge >= 0.3 is 0 Å². The maximum Gasteiger partial charge on any atom is 0.191 e. The largest absolute Gasteiger partial charge is 0.357 e. The number of aromatic nitrogens is 3. The highest BCUT2D eigenvalue weighted by Gasteiger charge is 2.20. The highest BCUT2D eigenvalue weighted by atomic mass is 32.1. The lowest BCUT2D eigenvalue weighted by Crippen LogP contribution is -2.42. The lowest BCUT2D eigenvalue weighted by atomic mass is 9.97. The van der Waals surface area contributed by atoms with Crippen LogP contribution in [-0.4, -0.2) is 51.8 Å². The first-order valence-electron chi connectivity index (χ1n) is 9.76. The molecule has 0 atom stereocenters. The van der Waals surface area contributed by atoms with Crippen molar-refractivity contribution in [2.45, 2.75) is 39.8 Å². The van der Waals surface area contributed by atoms with Crippen LogP contribution in [0.1, 0.15) is 36.2 Å². The molecule has 3 rings (SSSR count). The van der Waals surface area contributed by atoms with Gasteiger partial charge in [0.2, 0.25) is 0 Å². The van der Waals surface area contributed by atoms with E-state index in [-0.39, 0.29) is 0 Å². The van der Waals surface area contributed by atoms with Crippen molar-refractivity contribution in [3.63, 3.8) is 0 Å². The molecule has 148 valence electrons. The zero-order valence-electron chi connectivity index (χ0n) is 16.6. The monoisotopic (exact) mass is 389 g/mol. The average Bonchev–Trinajstić information content (AvgIpc) is 3.26. The van der Waals surface area contributed by atoms with E-state index >= 15 is 0 Å². The van der Waals surface area contributed by atoms with Crippen LogP contribution in [0.15, 0.2) is 22.6 Å². The minimum atomic E-state index is 0.636. The Kier molecular flexibility index (Phi) is 7.23. The molecule has 3 heterocycles. The summed E-state index contributed by atoms with van der Waals surface area (Å²) in [5, 5.41) is 14.4. The topological polar surface area (TPSA) is 70.4 Å². The number of rotatable bonds is 7. The molecule has 2 aromatic rings. The van der Waals surface area contributed by atoms with Gasteiger partial charge in [0.1, 0.15) is 0 Å². The summed E-state index contributed by atoms with van der Waals surface area (Å²) in [5.41, 5.74) is 2.32. The van der Waals surface area contributed by atoms with Crippen molar-refractivity contribution in [2.24, 2.45) is 18.0 Å². The molecule has 0 radical (unpaired) electrons. The quantitative estimate of drug-likeness (QED) is 0.561. The van der Waals surface area contributed by atoms with Crippen LogP contribution in [0.25, 0.3) is 0 Å². The van der Waals surface area contributed by atoms with Crippen molar-refractivity contribution in [2.75, 3.05) is 26.2 Å². The van der Waals surface area contributed by atoms with Crippen LogP contribution < -0.4 is 10.6 Å². The summed E-state index contributed by atoms with van der Waals surface area (Å²) < 4.78 is 1.87. The molecule has 1 aliphatic heterocycles. The van der Waals surface area contributed by atoms with Gasteiger partial charge in [-0.05, 0) is 51.8 Å². The van der Waals surface area contributed by atoms with E-state index in [0.29, 0.717) is 12.5 Å². The predicted octanol–water partition coefficient (Wildman–Crippen LogP) is 2.15. The van der Waals surface area contributed by atoms with Crippen LogP contribution in [-0.2, 0) is 20.1 Å². The fourth-order valence-electron chi connectivity index (χ4n) is 3.36. The van der Waals surface area contributed by atoms with Crippen molar-refractivity contribution in [3.05, 3.63) is 34.0 Å². The second-order valence-electron chi connectivity index (χ2n) is 7.10. The van der Waals surface area contributed by atoms with Gasteiger partial charge in [-0.1, -0.05) is 0 Å². The van der Waals surface area contributed by atoms with E-state index in [9.17, 15) is 0 Å². The third-order valence-electron chi connectivity index (χ3n) is 4.98. The SMILES string of the molecule is CCNC(=NCc1ccnn1C)NCC1CCN(Cc2csc(C)n2)CC1. The Morgan fingerprint density at radius 3 is 2.78 bits per heavy atom. The number of hydrogen-bond acceptors (Lipinski definition) is 5. The van der Waals surface area contributed by atoms with Gasteiger partial charge in [0.25, 0.3) is 0 Å². The smallest absolute Gasteiger partial charge is 0.191 e. The van der Waals surface area contributed by atoms with Gasteiger partial charge in [-0.15, -0.1) is 11.3 Å². The highest BCUT2D eigenvalue weighted by molar-refractivity contribution is 7.09. The van der Waals surface area contributed by atoms with Crippen molar-refractivity contribution >= 4 is 17.3 Å². The number of likely N-dealkylation sites (tertiary alicyclic amines) is 1. The Labute approximate surface area is 165 Å². The van der Waals surface area contributed by atoms with Gasteiger partial charge in [0.15, 0.2) is 5.96 Å². The second kappa shape index (κ2) is 9.85. The zero-order valence-corrected chi connectivity index (χ0v) is 17.4. The fourth-order valence-corrected chi connectivity index (χ4v) is 3.96. The molecule has 0 spiro atoms. The number of aryl methyl sites for hydroxylation is 2. The first kappa shape index (κ1) is 19.8. The number of nitrogens with one attached hydrogen (secondary N) is 2. The van der Waals surface area contributed by atoms with E-state index < -0.39 is 0 Å². The first-order chi connectivity index (χ1) is 13.1. The highest BCUT2D eigenvalue weighted by Crippen LogP contribution is 2.19. The molecule has 1 saturated heterocycles. The van der Waals surface area contributed by atoms with E-state index in [2.05, 4.69) is 44.8 Å². The molecule has 7 nitrogen and oxygen atoms in total. The van der Waals surface area contributed by atoms with Gasteiger partial charge in [-0.2, -0.15) is 5.10 Å². The number of nitrogens with zero attached hydrogens (tertiary/aromatic N) is 5. The second-order valence-corrected chi connectivity index (χ2v) is 8.16. The third-order valence-corrected chi connectivity index (χ3v) is 5.81. The lowest BCUT2D eigenvalue weighted by molar-refractivity contribution is 0.176. The molecule has 1 fully saturated rings. The van der Waals surface area contributed by atoms with Crippen LogP contribution in [0.5, 0.6) is 0 Å². The Balaban J connectivity index is 1.42. The van der Waals surface area contributed by atoms with Crippen LogP contribution in [0.4, 0.5) is 0 Å². The molecular weight excluding hydrogens is 358 g/mol. The average molecular weight is 390 g/mol. The zero-order chi connectivity index (χ0) is 19.1. The maximum absolute atomic E-state index is 4.69. The molecule has 1 aliphatic rings. The van der Waals surface area contributed by atoms with Crippen LogP contribution in [0.3, 0.4) is 0 Å². The molecule has 8 heteroatoms. The minimum absolute atomic E-state index is 0.636. The normalized spacial score (nSPS) is 16.6. The van der Waals surface area contributed by atoms with Gasteiger partial charge in [-0.3, -0.25) is 9.58 Å². The summed E-state index contributed by atoms with van der Waals surface area (Å²) in [7, 11) is 1.95. The summed E-state index contributed by atoms with van der Waals surface area (Å²) in [6.07, 6.45) is 4.25. The van der Waals surface area contributed by atoms with E-state index in [0.717, 1.165) is 49.4 Å². The Hall–Kier alpha value is -1.93. The van der Waals surface area contributed by atoms with Crippen molar-refractivity contribution < 1.29 is 0 Å². The summed E-state index contributed by atoms with van der Waals surface area (Å²) >= 11 is 1.74. The van der Waals surface area contributed by atoms with E-state index in [1.165, 1.54) is 18.5 Å². The number of aliphatic imine (C=N–C) groups is 1. The molecule has 0 amide bonds. The molecule has 27 heavy (non-hydrogen) atoms. The summed E-state index contributed by atoms with van der Waals surface area (Å²) in [6, 6.07) is 2.01. The summed E-state index contributed by atoms with van der Waals surface area (Å²) in [5.74, 6) is 1.58. The Bertz CT molecular complexity index is 728. The number of thiazole rings is 1. The number of guanidine groups is 1. The number of hydrogen-bond donors (Lipinski definition) is 2. The molecule has 0 unspecified atom stereocenters. The van der Waals surface area contributed by atoms with E-state index in [1.54, 1.807) is 11.3 Å².